The number of hydrogen-bond acceptors (Lipinski definition) is 2. The molecular weight excluding hydrogens is 384 g/mol. The Morgan fingerprint density at radius 3 is 2.45 bits per heavy atom. The minimum absolute atomic E-state index is 0.0687. The predicted octanol–water partition coefficient (Wildman–Crippen LogP) is 5.45. The standard InChI is InChI=1S/C27H22N2O2/c30-27(29-16-6-5-8-19-9-7-10-20-15-17-28-26(19)20)31-18-25-23-13-3-1-11-21(23)22-12-2-4-14-24(22)25/h1-4,7,9-15,17,25,28H,6,16,18H2,(H,29,30). The number of amides is 1. The van der Waals surface area contributed by atoms with Crippen molar-refractivity contribution < 1.29 is 9.53 Å². The van der Waals surface area contributed by atoms with E-state index in [-0.39, 0.29) is 5.92 Å². The molecule has 3 aromatic carbocycles. The first-order chi connectivity index (χ1) is 15.3. The molecule has 1 heterocycles. The second-order valence-electron chi connectivity index (χ2n) is 7.55. The largest absolute Gasteiger partial charge is 0.449 e. The van der Waals surface area contributed by atoms with E-state index in [0.717, 1.165) is 16.5 Å². The van der Waals surface area contributed by atoms with Gasteiger partial charge in [-0.05, 0) is 34.4 Å². The summed E-state index contributed by atoms with van der Waals surface area (Å²) < 4.78 is 5.55. The molecule has 31 heavy (non-hydrogen) atoms. The van der Waals surface area contributed by atoms with Gasteiger partial charge >= 0.3 is 6.09 Å². The third kappa shape index (κ3) is 3.78. The van der Waals surface area contributed by atoms with Gasteiger partial charge in [-0.1, -0.05) is 72.5 Å². The number of carbonyl (C=O) groups excluding carboxylic acids is 1. The van der Waals surface area contributed by atoms with Gasteiger partial charge in [0, 0.05) is 36.0 Å². The van der Waals surface area contributed by atoms with E-state index in [9.17, 15) is 4.79 Å². The van der Waals surface area contributed by atoms with Gasteiger partial charge in [-0.2, -0.15) is 0 Å². The zero-order valence-corrected chi connectivity index (χ0v) is 17.0. The quantitative estimate of drug-likeness (QED) is 0.350. The fourth-order valence-electron chi connectivity index (χ4n) is 4.22. The Balaban J connectivity index is 1.15. The van der Waals surface area contributed by atoms with Crippen molar-refractivity contribution in [2.75, 3.05) is 13.2 Å². The molecule has 0 radical (unpaired) electrons. The molecule has 1 aromatic heterocycles. The maximum Gasteiger partial charge on any atom is 0.407 e. The highest BCUT2D eigenvalue weighted by molar-refractivity contribution is 5.85. The molecule has 0 saturated carbocycles. The van der Waals surface area contributed by atoms with Gasteiger partial charge in [0.25, 0.3) is 0 Å². The van der Waals surface area contributed by atoms with E-state index in [1.54, 1.807) is 0 Å². The first-order valence-electron chi connectivity index (χ1n) is 10.4. The normalized spacial score (nSPS) is 12.0. The van der Waals surface area contributed by atoms with Gasteiger partial charge in [0.05, 0.1) is 5.52 Å². The summed E-state index contributed by atoms with van der Waals surface area (Å²) in [7, 11) is 0. The topological polar surface area (TPSA) is 54.1 Å². The number of hydrogen-bond donors (Lipinski definition) is 2. The highest BCUT2D eigenvalue weighted by Gasteiger charge is 2.28. The third-order valence-corrected chi connectivity index (χ3v) is 5.67. The van der Waals surface area contributed by atoms with Crippen molar-refractivity contribution in [2.45, 2.75) is 12.3 Å². The number of carbonyl (C=O) groups is 1. The van der Waals surface area contributed by atoms with E-state index in [1.807, 2.05) is 48.7 Å². The third-order valence-electron chi connectivity index (χ3n) is 5.67. The van der Waals surface area contributed by atoms with Crippen LogP contribution < -0.4 is 5.32 Å². The molecule has 4 nitrogen and oxygen atoms in total. The number of fused-ring (bicyclic) bond motifs is 4. The number of nitrogens with one attached hydrogen (secondary N) is 2. The summed E-state index contributed by atoms with van der Waals surface area (Å²) in [6.07, 6.45) is 2.06. The number of aromatic amines is 1. The first-order valence-corrected chi connectivity index (χ1v) is 10.4. The zero-order valence-electron chi connectivity index (χ0n) is 17.0. The van der Waals surface area contributed by atoms with Gasteiger partial charge in [-0.15, -0.1) is 0 Å². The highest BCUT2D eigenvalue weighted by atomic mass is 16.5. The molecule has 1 amide bonds. The highest BCUT2D eigenvalue weighted by Crippen LogP contribution is 2.44. The Labute approximate surface area is 181 Å². The monoisotopic (exact) mass is 406 g/mol. The van der Waals surface area contributed by atoms with Crippen LogP contribution in [0.3, 0.4) is 0 Å². The zero-order chi connectivity index (χ0) is 21.0. The van der Waals surface area contributed by atoms with Gasteiger partial charge in [-0.25, -0.2) is 4.79 Å². The number of ether oxygens (including phenoxy) is 1. The van der Waals surface area contributed by atoms with Crippen molar-refractivity contribution in [3.8, 4) is 23.0 Å². The lowest BCUT2D eigenvalue weighted by atomic mass is 9.98. The van der Waals surface area contributed by atoms with Crippen LogP contribution in [0.25, 0.3) is 22.0 Å². The van der Waals surface area contributed by atoms with Crippen molar-refractivity contribution >= 4 is 17.0 Å². The Hall–Kier alpha value is -3.97. The Morgan fingerprint density at radius 1 is 0.935 bits per heavy atom. The predicted molar refractivity (Wildman–Crippen MR) is 123 cm³/mol. The van der Waals surface area contributed by atoms with Gasteiger partial charge in [0.15, 0.2) is 0 Å². The van der Waals surface area contributed by atoms with Crippen molar-refractivity contribution in [2.24, 2.45) is 0 Å². The molecule has 0 atom stereocenters. The fraction of sp³-hybridized carbons (Fsp3) is 0.148. The molecule has 0 unspecified atom stereocenters. The average Bonchev–Trinajstić information content (AvgIpc) is 3.41. The van der Waals surface area contributed by atoms with Crippen molar-refractivity contribution in [1.29, 1.82) is 0 Å². The molecule has 5 rings (SSSR count). The molecule has 0 bridgehead atoms. The first kappa shape index (κ1) is 19.0. The maximum atomic E-state index is 12.2. The van der Waals surface area contributed by atoms with Crippen LogP contribution in [0.4, 0.5) is 4.79 Å². The summed E-state index contributed by atoms with van der Waals surface area (Å²) >= 11 is 0. The number of alkyl carbamates (subject to hydrolysis) is 1. The van der Waals surface area contributed by atoms with Crippen molar-refractivity contribution in [1.82, 2.24) is 10.3 Å². The van der Waals surface area contributed by atoms with Crippen LogP contribution in [-0.4, -0.2) is 24.2 Å². The lowest BCUT2D eigenvalue weighted by molar-refractivity contribution is 0.143. The Kier molecular flexibility index (Phi) is 5.16. The van der Waals surface area contributed by atoms with Crippen LogP contribution in [-0.2, 0) is 4.74 Å². The summed E-state index contributed by atoms with van der Waals surface area (Å²) in [5.41, 5.74) is 6.86. The van der Waals surface area contributed by atoms with Crippen LogP contribution in [0.2, 0.25) is 0 Å². The molecule has 0 saturated heterocycles. The molecule has 152 valence electrons. The van der Waals surface area contributed by atoms with Crippen LogP contribution in [0.1, 0.15) is 29.0 Å². The van der Waals surface area contributed by atoms with Crippen LogP contribution >= 0.6 is 0 Å². The molecule has 4 heteroatoms. The summed E-state index contributed by atoms with van der Waals surface area (Å²) in [5.74, 6) is 6.36. The van der Waals surface area contributed by atoms with Crippen LogP contribution in [0.5, 0.6) is 0 Å². The van der Waals surface area contributed by atoms with E-state index in [2.05, 4.69) is 52.5 Å². The van der Waals surface area contributed by atoms with E-state index in [4.69, 9.17) is 4.74 Å². The SMILES string of the molecule is O=C(NCCC#Cc1cccc2cc[nH]c12)OCC1c2ccccc2-c2ccccc21. The maximum absolute atomic E-state index is 12.2. The van der Waals surface area contributed by atoms with Gasteiger partial charge < -0.3 is 15.0 Å². The van der Waals surface area contributed by atoms with E-state index < -0.39 is 6.09 Å². The minimum Gasteiger partial charge on any atom is -0.449 e. The Morgan fingerprint density at radius 2 is 1.68 bits per heavy atom. The van der Waals surface area contributed by atoms with E-state index >= 15 is 0 Å². The summed E-state index contributed by atoms with van der Waals surface area (Å²) in [5, 5.41) is 3.94. The summed E-state index contributed by atoms with van der Waals surface area (Å²) in [6, 6.07) is 24.7. The number of benzene rings is 3. The van der Waals surface area contributed by atoms with E-state index in [0.29, 0.717) is 19.6 Å². The van der Waals surface area contributed by atoms with Crippen LogP contribution in [0, 0.1) is 11.8 Å². The minimum atomic E-state index is -0.407. The molecule has 2 N–H and O–H groups in total. The number of aromatic nitrogens is 1. The van der Waals surface area contributed by atoms with Crippen molar-refractivity contribution in [3.63, 3.8) is 0 Å². The van der Waals surface area contributed by atoms with Crippen LogP contribution in [0.15, 0.2) is 79.0 Å². The molecule has 1 aliphatic rings. The number of H-pyrrole nitrogens is 1. The van der Waals surface area contributed by atoms with Gasteiger partial charge in [0.2, 0.25) is 0 Å². The average molecular weight is 406 g/mol. The molecule has 4 aromatic rings. The van der Waals surface area contributed by atoms with Gasteiger partial charge in [-0.3, -0.25) is 0 Å². The fourth-order valence-corrected chi connectivity index (χ4v) is 4.22. The Bertz CT molecular complexity index is 1260. The molecule has 0 fully saturated rings. The van der Waals surface area contributed by atoms with E-state index in [1.165, 1.54) is 22.3 Å². The molecule has 0 aliphatic heterocycles. The molecule has 0 spiro atoms. The lowest BCUT2D eigenvalue weighted by Gasteiger charge is -2.14. The second-order valence-corrected chi connectivity index (χ2v) is 7.55. The lowest BCUT2D eigenvalue weighted by Crippen LogP contribution is -2.26. The summed E-state index contributed by atoms with van der Waals surface area (Å²) in [4.78, 5) is 15.4. The van der Waals surface area contributed by atoms with Crippen molar-refractivity contribution in [3.05, 3.63) is 95.7 Å². The number of rotatable bonds is 4. The smallest absolute Gasteiger partial charge is 0.407 e. The number of para-hydroxylation sites is 1. The second kappa shape index (κ2) is 8.41. The summed E-state index contributed by atoms with van der Waals surface area (Å²) in [6.45, 7) is 0.769. The molecular formula is C27H22N2O2. The van der Waals surface area contributed by atoms with Gasteiger partial charge in [0.1, 0.15) is 6.61 Å². The molecule has 1 aliphatic carbocycles.